The van der Waals surface area contributed by atoms with Crippen LogP contribution in [0.3, 0.4) is 0 Å². The highest BCUT2D eigenvalue weighted by atomic mass is 35.5. The molecule has 0 amide bonds. The van der Waals surface area contributed by atoms with Crippen molar-refractivity contribution in [1.29, 1.82) is 0 Å². The van der Waals surface area contributed by atoms with E-state index < -0.39 is 34.4 Å². The monoisotopic (exact) mass is 251 g/mol. The number of alkyl halides is 2. The van der Waals surface area contributed by atoms with Crippen LogP contribution in [0, 0.1) is 0 Å². The Hall–Kier alpha value is -1.43. The molecule has 7 heteroatoms. The molecule has 0 saturated heterocycles. The number of halogens is 3. The number of carbonyl (C=O) groups is 1. The van der Waals surface area contributed by atoms with Crippen molar-refractivity contribution in [3.05, 3.63) is 22.5 Å². The molecule has 4 nitrogen and oxygen atoms in total. The number of aromatic nitrogens is 1. The summed E-state index contributed by atoms with van der Waals surface area (Å²) in [6.45, 7) is 1.63. The van der Waals surface area contributed by atoms with Crippen LogP contribution >= 0.6 is 11.6 Å². The van der Waals surface area contributed by atoms with Gasteiger partial charge in [-0.15, -0.1) is 0 Å². The number of hydrogen-bond donors (Lipinski definition) is 1. The fourth-order valence-corrected chi connectivity index (χ4v) is 1.35. The first kappa shape index (κ1) is 12.6. The average molecular weight is 252 g/mol. The Morgan fingerprint density at radius 1 is 1.69 bits per heavy atom. The van der Waals surface area contributed by atoms with Gasteiger partial charge >= 0.3 is 5.97 Å². The van der Waals surface area contributed by atoms with Gasteiger partial charge in [0.25, 0.3) is 6.43 Å². The Bertz CT molecular complexity index is 412. The lowest BCUT2D eigenvalue weighted by Crippen LogP contribution is -2.09. The van der Waals surface area contributed by atoms with Gasteiger partial charge < -0.3 is 9.84 Å². The minimum absolute atomic E-state index is 0.0712. The zero-order valence-electron chi connectivity index (χ0n) is 8.21. The van der Waals surface area contributed by atoms with Crippen LogP contribution in [0.15, 0.2) is 6.20 Å². The van der Waals surface area contributed by atoms with Gasteiger partial charge in [-0.05, 0) is 6.92 Å². The summed E-state index contributed by atoms with van der Waals surface area (Å²) in [5.41, 5.74) is -1.25. The first-order valence-corrected chi connectivity index (χ1v) is 4.69. The number of aromatic hydroxyl groups is 1. The number of carbonyl (C=O) groups excluding carboxylic acids is 1. The Balaban J connectivity index is 3.23. The number of pyridine rings is 1. The topological polar surface area (TPSA) is 59.4 Å². The Morgan fingerprint density at radius 3 is 2.81 bits per heavy atom. The maximum atomic E-state index is 12.5. The summed E-state index contributed by atoms with van der Waals surface area (Å²) in [7, 11) is 0. The summed E-state index contributed by atoms with van der Waals surface area (Å²) in [5.74, 6) is -1.66. The lowest BCUT2D eigenvalue weighted by molar-refractivity contribution is 0.0519. The molecule has 0 saturated carbocycles. The van der Waals surface area contributed by atoms with Crippen LogP contribution in [0.2, 0.25) is 5.02 Å². The van der Waals surface area contributed by atoms with Crippen molar-refractivity contribution in [3.63, 3.8) is 0 Å². The molecular weight excluding hydrogens is 244 g/mol. The molecule has 0 spiro atoms. The van der Waals surface area contributed by atoms with Gasteiger partial charge in [0.2, 0.25) is 0 Å². The maximum absolute atomic E-state index is 12.5. The Labute approximate surface area is 94.8 Å². The smallest absolute Gasteiger partial charge is 0.358 e. The summed E-state index contributed by atoms with van der Waals surface area (Å²) in [6.07, 6.45) is -2.26. The van der Waals surface area contributed by atoms with E-state index in [1.807, 2.05) is 0 Å². The predicted molar refractivity (Wildman–Crippen MR) is 51.8 cm³/mol. The van der Waals surface area contributed by atoms with E-state index >= 15 is 0 Å². The fraction of sp³-hybridized carbons (Fsp3) is 0.333. The molecular formula is C9H8ClF2NO3. The number of nitrogens with zero attached hydrogens (tertiary/aromatic N) is 1. The minimum atomic E-state index is -3.00. The van der Waals surface area contributed by atoms with Crippen LogP contribution in [0.25, 0.3) is 0 Å². The van der Waals surface area contributed by atoms with Crippen molar-refractivity contribution in [1.82, 2.24) is 4.98 Å². The van der Waals surface area contributed by atoms with E-state index in [2.05, 4.69) is 9.72 Å². The second-order valence-corrected chi connectivity index (χ2v) is 3.12. The molecule has 1 aromatic heterocycles. The number of rotatable bonds is 3. The molecule has 0 aliphatic rings. The fourth-order valence-electron chi connectivity index (χ4n) is 1.04. The Morgan fingerprint density at radius 2 is 2.31 bits per heavy atom. The van der Waals surface area contributed by atoms with Gasteiger partial charge in [-0.3, -0.25) is 0 Å². The third-order valence-corrected chi connectivity index (χ3v) is 2.11. The van der Waals surface area contributed by atoms with Crippen LogP contribution in [0.5, 0.6) is 5.75 Å². The standard InChI is InChI=1S/C9H8ClF2NO3/c1-2-16-9(15)7-6(10)5(8(11)12)4(14)3-13-7/h3,8,14H,2H2,1H3. The molecule has 0 aromatic carbocycles. The summed E-state index contributed by atoms with van der Waals surface area (Å²) in [5, 5.41) is 8.53. The maximum Gasteiger partial charge on any atom is 0.358 e. The predicted octanol–water partition coefficient (Wildman–Crippen LogP) is 2.55. The van der Waals surface area contributed by atoms with Gasteiger partial charge in [0.05, 0.1) is 23.4 Å². The molecule has 0 unspecified atom stereocenters. The summed E-state index contributed by atoms with van der Waals surface area (Å²) in [4.78, 5) is 14.7. The summed E-state index contributed by atoms with van der Waals surface area (Å²) < 4.78 is 29.6. The molecule has 0 atom stereocenters. The quantitative estimate of drug-likeness (QED) is 0.839. The van der Waals surface area contributed by atoms with Gasteiger partial charge in [-0.2, -0.15) is 0 Å². The normalized spacial score (nSPS) is 10.6. The van der Waals surface area contributed by atoms with Gasteiger partial charge in [0.1, 0.15) is 5.75 Å². The zero-order valence-corrected chi connectivity index (χ0v) is 8.96. The number of esters is 1. The van der Waals surface area contributed by atoms with Gasteiger partial charge in [0.15, 0.2) is 5.69 Å². The highest BCUT2D eigenvalue weighted by Crippen LogP contribution is 2.35. The first-order valence-electron chi connectivity index (χ1n) is 4.31. The highest BCUT2D eigenvalue weighted by Gasteiger charge is 2.24. The molecule has 0 aliphatic heterocycles. The third kappa shape index (κ3) is 2.38. The van der Waals surface area contributed by atoms with Crippen LogP contribution in [-0.4, -0.2) is 22.7 Å². The largest absolute Gasteiger partial charge is 0.506 e. The van der Waals surface area contributed by atoms with Crippen molar-refractivity contribution < 1.29 is 23.4 Å². The summed E-state index contributed by atoms with van der Waals surface area (Å²) in [6, 6.07) is 0. The summed E-state index contributed by atoms with van der Waals surface area (Å²) >= 11 is 5.54. The average Bonchev–Trinajstić information content (AvgIpc) is 2.17. The van der Waals surface area contributed by atoms with Gasteiger partial charge in [0, 0.05) is 0 Å². The second-order valence-electron chi connectivity index (χ2n) is 2.74. The van der Waals surface area contributed by atoms with Crippen LogP contribution < -0.4 is 0 Å². The minimum Gasteiger partial charge on any atom is -0.506 e. The van der Waals surface area contributed by atoms with E-state index in [9.17, 15) is 13.6 Å². The van der Waals surface area contributed by atoms with Crippen molar-refractivity contribution in [2.75, 3.05) is 6.61 Å². The Kier molecular flexibility index (Phi) is 4.00. The van der Waals surface area contributed by atoms with Crippen LogP contribution in [0.1, 0.15) is 29.4 Å². The molecule has 1 heterocycles. The van der Waals surface area contributed by atoms with E-state index in [0.29, 0.717) is 0 Å². The van der Waals surface area contributed by atoms with E-state index in [-0.39, 0.29) is 6.61 Å². The molecule has 0 fully saturated rings. The van der Waals surface area contributed by atoms with E-state index in [1.54, 1.807) is 6.92 Å². The lowest BCUT2D eigenvalue weighted by atomic mass is 10.2. The molecule has 1 N–H and O–H groups in total. The van der Waals surface area contributed by atoms with Crippen molar-refractivity contribution >= 4 is 17.6 Å². The van der Waals surface area contributed by atoms with Gasteiger partial charge in [-0.1, -0.05) is 11.6 Å². The van der Waals surface area contributed by atoms with E-state index in [0.717, 1.165) is 6.20 Å². The molecule has 88 valence electrons. The molecule has 1 aromatic rings. The SMILES string of the molecule is CCOC(=O)c1ncc(O)c(C(F)F)c1Cl. The van der Waals surface area contributed by atoms with Crippen LogP contribution in [-0.2, 0) is 4.74 Å². The van der Waals surface area contributed by atoms with Crippen molar-refractivity contribution in [3.8, 4) is 5.75 Å². The van der Waals surface area contributed by atoms with Crippen molar-refractivity contribution in [2.24, 2.45) is 0 Å². The third-order valence-electron chi connectivity index (χ3n) is 1.72. The highest BCUT2D eigenvalue weighted by molar-refractivity contribution is 6.34. The van der Waals surface area contributed by atoms with Gasteiger partial charge in [-0.25, -0.2) is 18.6 Å². The molecule has 0 bridgehead atoms. The molecule has 0 radical (unpaired) electrons. The van der Waals surface area contributed by atoms with Crippen molar-refractivity contribution in [2.45, 2.75) is 13.3 Å². The molecule has 0 aliphatic carbocycles. The van der Waals surface area contributed by atoms with Crippen LogP contribution in [0.4, 0.5) is 8.78 Å². The number of hydrogen-bond acceptors (Lipinski definition) is 4. The second kappa shape index (κ2) is 5.07. The van der Waals surface area contributed by atoms with E-state index in [1.165, 1.54) is 0 Å². The van der Waals surface area contributed by atoms with E-state index in [4.69, 9.17) is 16.7 Å². The molecule has 1 rings (SSSR count). The number of ether oxygens (including phenoxy) is 1. The first-order chi connectivity index (χ1) is 7.49. The molecule has 16 heavy (non-hydrogen) atoms. The zero-order chi connectivity index (χ0) is 12.3. The lowest BCUT2D eigenvalue weighted by Gasteiger charge is -2.08.